The van der Waals surface area contributed by atoms with Gasteiger partial charge in [-0.3, -0.25) is 4.79 Å². The van der Waals surface area contributed by atoms with Gasteiger partial charge in [-0.25, -0.2) is 0 Å². The third-order valence-electron chi connectivity index (χ3n) is 3.16. The van der Waals surface area contributed by atoms with Crippen molar-refractivity contribution in [1.82, 2.24) is 0 Å². The van der Waals surface area contributed by atoms with Gasteiger partial charge in [0.05, 0.1) is 6.61 Å². The van der Waals surface area contributed by atoms with E-state index in [1.807, 2.05) is 49.4 Å². The Morgan fingerprint density at radius 1 is 1.00 bits per heavy atom. The number of ketones is 1. The lowest BCUT2D eigenvalue weighted by atomic mass is 10.0. The first kappa shape index (κ1) is 14.3. The molecule has 104 valence electrons. The van der Waals surface area contributed by atoms with Crippen LogP contribution in [-0.4, -0.2) is 12.4 Å². The van der Waals surface area contributed by atoms with Crippen molar-refractivity contribution >= 4 is 5.78 Å². The highest BCUT2D eigenvalue weighted by Gasteiger charge is 2.09. The molecule has 0 spiro atoms. The highest BCUT2D eigenvalue weighted by molar-refractivity contribution is 6.09. The summed E-state index contributed by atoms with van der Waals surface area (Å²) in [6.45, 7) is 4.68. The average Bonchev–Trinajstić information content (AvgIpc) is 2.48. The molecule has 0 aliphatic carbocycles. The largest absolute Gasteiger partial charge is 0.494 e. The summed E-state index contributed by atoms with van der Waals surface area (Å²) >= 11 is 0. The number of ether oxygens (including phenoxy) is 1. The summed E-state index contributed by atoms with van der Waals surface area (Å²) in [5.41, 5.74) is 2.66. The van der Waals surface area contributed by atoms with E-state index in [0.29, 0.717) is 12.2 Å². The fourth-order valence-electron chi connectivity index (χ4n) is 2.17. The molecule has 2 rings (SSSR count). The Hall–Kier alpha value is -2.09. The van der Waals surface area contributed by atoms with E-state index in [-0.39, 0.29) is 5.78 Å². The highest BCUT2D eigenvalue weighted by atomic mass is 16.5. The SMILES string of the molecule is CCCc1ccc(C(=O)c2cccc(OCC)c2)cc1. The van der Waals surface area contributed by atoms with E-state index in [1.165, 1.54) is 5.56 Å². The zero-order chi connectivity index (χ0) is 14.4. The molecular formula is C18H20O2. The molecule has 0 amide bonds. The van der Waals surface area contributed by atoms with Crippen molar-refractivity contribution in [3.05, 3.63) is 65.2 Å². The lowest BCUT2D eigenvalue weighted by Crippen LogP contribution is -2.02. The predicted octanol–water partition coefficient (Wildman–Crippen LogP) is 4.27. The van der Waals surface area contributed by atoms with E-state index in [2.05, 4.69) is 6.92 Å². The van der Waals surface area contributed by atoms with Gasteiger partial charge in [-0.05, 0) is 31.0 Å². The summed E-state index contributed by atoms with van der Waals surface area (Å²) in [4.78, 5) is 12.4. The highest BCUT2D eigenvalue weighted by Crippen LogP contribution is 2.17. The molecular weight excluding hydrogens is 248 g/mol. The number of hydrogen-bond acceptors (Lipinski definition) is 2. The van der Waals surface area contributed by atoms with Crippen molar-refractivity contribution in [2.45, 2.75) is 26.7 Å². The third kappa shape index (κ3) is 3.47. The summed E-state index contributed by atoms with van der Waals surface area (Å²) in [5.74, 6) is 0.774. The van der Waals surface area contributed by atoms with Gasteiger partial charge in [0, 0.05) is 11.1 Å². The van der Waals surface area contributed by atoms with Crippen LogP contribution in [0.25, 0.3) is 0 Å². The zero-order valence-corrected chi connectivity index (χ0v) is 12.1. The van der Waals surface area contributed by atoms with E-state index >= 15 is 0 Å². The van der Waals surface area contributed by atoms with E-state index in [0.717, 1.165) is 24.2 Å². The van der Waals surface area contributed by atoms with Crippen LogP contribution in [0.3, 0.4) is 0 Å². The maximum absolute atomic E-state index is 12.4. The van der Waals surface area contributed by atoms with Crippen molar-refractivity contribution in [3.63, 3.8) is 0 Å². The first-order chi connectivity index (χ1) is 9.74. The summed E-state index contributed by atoms with van der Waals surface area (Å²) < 4.78 is 5.43. The summed E-state index contributed by atoms with van der Waals surface area (Å²) in [5, 5.41) is 0. The molecule has 20 heavy (non-hydrogen) atoms. The van der Waals surface area contributed by atoms with Gasteiger partial charge < -0.3 is 4.74 Å². The minimum atomic E-state index is 0.0367. The van der Waals surface area contributed by atoms with E-state index in [4.69, 9.17) is 4.74 Å². The summed E-state index contributed by atoms with van der Waals surface area (Å²) in [6, 6.07) is 15.2. The Kier molecular flexibility index (Phi) is 4.94. The van der Waals surface area contributed by atoms with Crippen molar-refractivity contribution < 1.29 is 9.53 Å². The van der Waals surface area contributed by atoms with Gasteiger partial charge >= 0.3 is 0 Å². The van der Waals surface area contributed by atoms with Gasteiger partial charge in [0.1, 0.15) is 5.75 Å². The van der Waals surface area contributed by atoms with Crippen LogP contribution in [-0.2, 0) is 6.42 Å². The molecule has 2 heteroatoms. The zero-order valence-electron chi connectivity index (χ0n) is 12.1. The van der Waals surface area contributed by atoms with E-state index in [1.54, 1.807) is 6.07 Å². The van der Waals surface area contributed by atoms with Gasteiger partial charge in [-0.15, -0.1) is 0 Å². The molecule has 0 atom stereocenters. The molecule has 0 heterocycles. The van der Waals surface area contributed by atoms with Crippen LogP contribution in [0.5, 0.6) is 5.75 Å². The first-order valence-electron chi connectivity index (χ1n) is 7.11. The second-order valence-corrected chi connectivity index (χ2v) is 4.74. The molecule has 0 aliphatic heterocycles. The van der Waals surface area contributed by atoms with Gasteiger partial charge in [0.15, 0.2) is 5.78 Å². The molecule has 0 saturated heterocycles. The van der Waals surface area contributed by atoms with Crippen LogP contribution in [0, 0.1) is 0 Å². The Morgan fingerprint density at radius 2 is 1.75 bits per heavy atom. The maximum Gasteiger partial charge on any atom is 0.193 e. The standard InChI is InChI=1S/C18H20O2/c1-3-6-14-9-11-15(12-10-14)18(19)16-7-5-8-17(13-16)20-4-2/h5,7-13H,3-4,6H2,1-2H3. The topological polar surface area (TPSA) is 26.3 Å². The predicted molar refractivity (Wildman–Crippen MR) is 81.5 cm³/mol. The van der Waals surface area contributed by atoms with Crippen LogP contribution < -0.4 is 4.74 Å². The van der Waals surface area contributed by atoms with E-state index < -0.39 is 0 Å². The normalized spacial score (nSPS) is 10.3. The molecule has 2 aromatic carbocycles. The van der Waals surface area contributed by atoms with Crippen LogP contribution in [0.2, 0.25) is 0 Å². The Morgan fingerprint density at radius 3 is 2.40 bits per heavy atom. The van der Waals surface area contributed by atoms with Crippen LogP contribution in [0.4, 0.5) is 0 Å². The molecule has 0 aromatic heterocycles. The third-order valence-corrected chi connectivity index (χ3v) is 3.16. The molecule has 0 aliphatic rings. The molecule has 2 aromatic rings. The van der Waals surface area contributed by atoms with Crippen molar-refractivity contribution in [1.29, 1.82) is 0 Å². The second-order valence-electron chi connectivity index (χ2n) is 4.74. The lowest BCUT2D eigenvalue weighted by Gasteiger charge is -2.06. The lowest BCUT2D eigenvalue weighted by molar-refractivity contribution is 0.103. The molecule has 0 radical (unpaired) electrons. The van der Waals surface area contributed by atoms with Crippen molar-refractivity contribution in [2.75, 3.05) is 6.61 Å². The average molecular weight is 268 g/mol. The Balaban J connectivity index is 2.19. The summed E-state index contributed by atoms with van der Waals surface area (Å²) in [7, 11) is 0. The quantitative estimate of drug-likeness (QED) is 0.731. The number of carbonyl (C=O) groups excluding carboxylic acids is 1. The van der Waals surface area contributed by atoms with Crippen LogP contribution >= 0.6 is 0 Å². The molecule has 0 N–H and O–H groups in total. The van der Waals surface area contributed by atoms with Crippen molar-refractivity contribution in [3.8, 4) is 5.75 Å². The maximum atomic E-state index is 12.4. The van der Waals surface area contributed by atoms with Gasteiger partial charge in [0.25, 0.3) is 0 Å². The molecule has 0 bridgehead atoms. The van der Waals surface area contributed by atoms with Crippen molar-refractivity contribution in [2.24, 2.45) is 0 Å². The van der Waals surface area contributed by atoms with Crippen LogP contribution in [0.1, 0.15) is 41.8 Å². The van der Waals surface area contributed by atoms with E-state index in [9.17, 15) is 4.79 Å². The molecule has 2 nitrogen and oxygen atoms in total. The number of benzene rings is 2. The Bertz CT molecular complexity index is 570. The fraction of sp³-hybridized carbons (Fsp3) is 0.278. The number of aryl methyl sites for hydroxylation is 1. The summed E-state index contributed by atoms with van der Waals surface area (Å²) in [6.07, 6.45) is 2.16. The first-order valence-corrected chi connectivity index (χ1v) is 7.11. The number of hydrogen-bond donors (Lipinski definition) is 0. The number of rotatable bonds is 6. The second kappa shape index (κ2) is 6.90. The minimum absolute atomic E-state index is 0.0367. The van der Waals surface area contributed by atoms with Crippen LogP contribution in [0.15, 0.2) is 48.5 Å². The molecule has 0 unspecified atom stereocenters. The molecule has 0 fully saturated rings. The monoisotopic (exact) mass is 268 g/mol. The molecule has 0 saturated carbocycles. The number of carbonyl (C=O) groups is 1. The fourth-order valence-corrected chi connectivity index (χ4v) is 2.17. The minimum Gasteiger partial charge on any atom is -0.494 e. The Labute approximate surface area is 120 Å². The van der Waals surface area contributed by atoms with Gasteiger partial charge in [0.2, 0.25) is 0 Å². The smallest absolute Gasteiger partial charge is 0.193 e. The van der Waals surface area contributed by atoms with Gasteiger partial charge in [-0.2, -0.15) is 0 Å². The van der Waals surface area contributed by atoms with Gasteiger partial charge in [-0.1, -0.05) is 49.7 Å².